The number of allylic oxidation sites excluding steroid dienone is 1. The van der Waals surface area contributed by atoms with Crippen LogP contribution in [-0.2, 0) is 9.53 Å². The number of hydrogen-bond donors (Lipinski definition) is 0. The summed E-state index contributed by atoms with van der Waals surface area (Å²) >= 11 is 0. The van der Waals surface area contributed by atoms with Crippen molar-refractivity contribution in [3.63, 3.8) is 0 Å². The molecule has 0 aromatic carbocycles. The van der Waals surface area contributed by atoms with Gasteiger partial charge in [0, 0.05) is 0 Å². The van der Waals surface area contributed by atoms with E-state index in [2.05, 4.69) is 6.58 Å². The summed E-state index contributed by atoms with van der Waals surface area (Å²) in [6, 6.07) is 0. The molecule has 0 aliphatic heterocycles. The van der Waals surface area contributed by atoms with Gasteiger partial charge in [-0.3, -0.25) is 4.79 Å². The fourth-order valence-electron chi connectivity index (χ4n) is 0.770. The standard InChI is InChI=1S/C9H16O2/c1-4-6-7-8(3)9(10)11-5-2/h4,8H,1,5-7H2,2-3H3. The summed E-state index contributed by atoms with van der Waals surface area (Å²) in [7, 11) is 0. The Morgan fingerprint density at radius 3 is 2.82 bits per heavy atom. The van der Waals surface area contributed by atoms with Crippen molar-refractivity contribution >= 4 is 5.97 Å². The maximum Gasteiger partial charge on any atom is 0.308 e. The molecule has 0 N–H and O–H groups in total. The lowest BCUT2D eigenvalue weighted by Crippen LogP contribution is -2.14. The Morgan fingerprint density at radius 2 is 2.36 bits per heavy atom. The first-order valence-electron chi connectivity index (χ1n) is 3.99. The van der Waals surface area contributed by atoms with Gasteiger partial charge in [0.1, 0.15) is 0 Å². The van der Waals surface area contributed by atoms with Crippen LogP contribution in [0.3, 0.4) is 0 Å². The highest BCUT2D eigenvalue weighted by Gasteiger charge is 2.11. The van der Waals surface area contributed by atoms with E-state index in [-0.39, 0.29) is 11.9 Å². The Morgan fingerprint density at radius 1 is 1.73 bits per heavy atom. The van der Waals surface area contributed by atoms with Crippen molar-refractivity contribution in [2.45, 2.75) is 26.7 Å². The van der Waals surface area contributed by atoms with Gasteiger partial charge < -0.3 is 4.74 Å². The van der Waals surface area contributed by atoms with Crippen LogP contribution in [0.4, 0.5) is 0 Å². The maximum atomic E-state index is 11.0. The minimum atomic E-state index is -0.102. The summed E-state index contributed by atoms with van der Waals surface area (Å²) in [5, 5.41) is 0. The Bertz CT molecular complexity index is 130. The monoisotopic (exact) mass is 156 g/mol. The molecule has 0 saturated carbocycles. The van der Waals surface area contributed by atoms with Crippen LogP contribution in [-0.4, -0.2) is 12.6 Å². The molecule has 0 aromatic heterocycles. The lowest BCUT2D eigenvalue weighted by molar-refractivity contribution is -0.147. The van der Waals surface area contributed by atoms with Gasteiger partial charge in [-0.25, -0.2) is 0 Å². The van der Waals surface area contributed by atoms with Crippen LogP contribution in [0.5, 0.6) is 0 Å². The summed E-state index contributed by atoms with van der Waals surface area (Å²) in [6.07, 6.45) is 3.53. The van der Waals surface area contributed by atoms with Gasteiger partial charge in [0.25, 0.3) is 0 Å². The van der Waals surface area contributed by atoms with Crippen molar-refractivity contribution in [1.82, 2.24) is 0 Å². The zero-order valence-electron chi connectivity index (χ0n) is 7.30. The lowest BCUT2D eigenvalue weighted by atomic mass is 10.1. The molecule has 2 heteroatoms. The molecule has 0 aliphatic carbocycles. The minimum absolute atomic E-state index is 0.00736. The predicted molar refractivity (Wildman–Crippen MR) is 45.2 cm³/mol. The number of carbonyl (C=O) groups is 1. The van der Waals surface area contributed by atoms with E-state index in [0.29, 0.717) is 6.61 Å². The molecule has 0 aromatic rings. The Hall–Kier alpha value is -0.790. The molecule has 0 radical (unpaired) electrons. The van der Waals surface area contributed by atoms with E-state index < -0.39 is 0 Å². The molecule has 0 saturated heterocycles. The van der Waals surface area contributed by atoms with Gasteiger partial charge in [-0.15, -0.1) is 6.58 Å². The fraction of sp³-hybridized carbons (Fsp3) is 0.667. The normalized spacial score (nSPS) is 12.2. The smallest absolute Gasteiger partial charge is 0.308 e. The van der Waals surface area contributed by atoms with Gasteiger partial charge in [0.2, 0.25) is 0 Å². The first-order valence-corrected chi connectivity index (χ1v) is 3.99. The highest BCUT2D eigenvalue weighted by atomic mass is 16.5. The number of rotatable bonds is 5. The van der Waals surface area contributed by atoms with Gasteiger partial charge >= 0.3 is 5.97 Å². The van der Waals surface area contributed by atoms with Gasteiger partial charge in [-0.05, 0) is 19.8 Å². The largest absolute Gasteiger partial charge is 0.466 e. The van der Waals surface area contributed by atoms with Crippen LogP contribution < -0.4 is 0 Å². The average Bonchev–Trinajstić information content (AvgIpc) is 2.00. The van der Waals surface area contributed by atoms with Gasteiger partial charge in [-0.1, -0.05) is 13.0 Å². The summed E-state index contributed by atoms with van der Waals surface area (Å²) in [4.78, 5) is 11.0. The zero-order chi connectivity index (χ0) is 8.69. The molecule has 0 rings (SSSR count). The fourth-order valence-corrected chi connectivity index (χ4v) is 0.770. The molecule has 0 bridgehead atoms. The number of esters is 1. The topological polar surface area (TPSA) is 26.3 Å². The SMILES string of the molecule is C=CCCC(C)C(=O)OCC. The molecule has 2 nitrogen and oxygen atoms in total. The van der Waals surface area contributed by atoms with E-state index in [1.165, 1.54) is 0 Å². The second kappa shape index (κ2) is 5.96. The molecule has 1 unspecified atom stereocenters. The number of ether oxygens (including phenoxy) is 1. The summed E-state index contributed by atoms with van der Waals surface area (Å²) in [5.41, 5.74) is 0. The Kier molecular flexibility index (Phi) is 5.53. The van der Waals surface area contributed by atoms with E-state index in [4.69, 9.17) is 4.74 Å². The second-order valence-corrected chi connectivity index (χ2v) is 2.52. The maximum absolute atomic E-state index is 11.0. The van der Waals surface area contributed by atoms with Crippen molar-refractivity contribution in [1.29, 1.82) is 0 Å². The zero-order valence-corrected chi connectivity index (χ0v) is 7.30. The van der Waals surface area contributed by atoms with Crippen molar-refractivity contribution in [2.75, 3.05) is 6.61 Å². The quantitative estimate of drug-likeness (QED) is 0.450. The van der Waals surface area contributed by atoms with Crippen LogP contribution in [0.1, 0.15) is 26.7 Å². The molecular formula is C9H16O2. The van der Waals surface area contributed by atoms with E-state index in [0.717, 1.165) is 12.8 Å². The first-order chi connectivity index (χ1) is 5.22. The molecule has 1 atom stereocenters. The van der Waals surface area contributed by atoms with Crippen molar-refractivity contribution in [2.24, 2.45) is 5.92 Å². The second-order valence-electron chi connectivity index (χ2n) is 2.52. The van der Waals surface area contributed by atoms with Crippen LogP contribution in [0.15, 0.2) is 12.7 Å². The molecule has 11 heavy (non-hydrogen) atoms. The van der Waals surface area contributed by atoms with Crippen LogP contribution in [0.2, 0.25) is 0 Å². The third kappa shape index (κ3) is 4.59. The van der Waals surface area contributed by atoms with Gasteiger partial charge in [0.05, 0.1) is 12.5 Å². The molecule has 64 valence electrons. The molecule has 0 fully saturated rings. The van der Waals surface area contributed by atoms with Gasteiger partial charge in [0.15, 0.2) is 0 Å². The summed E-state index contributed by atoms with van der Waals surface area (Å²) in [6.45, 7) is 7.75. The summed E-state index contributed by atoms with van der Waals surface area (Å²) in [5.74, 6) is -0.0951. The highest BCUT2D eigenvalue weighted by Crippen LogP contribution is 2.07. The summed E-state index contributed by atoms with van der Waals surface area (Å²) < 4.78 is 4.83. The number of hydrogen-bond acceptors (Lipinski definition) is 2. The van der Waals surface area contributed by atoms with Crippen molar-refractivity contribution in [3.05, 3.63) is 12.7 Å². The minimum Gasteiger partial charge on any atom is -0.466 e. The molecule has 0 heterocycles. The highest BCUT2D eigenvalue weighted by molar-refractivity contribution is 5.71. The van der Waals surface area contributed by atoms with E-state index >= 15 is 0 Å². The molecular weight excluding hydrogens is 140 g/mol. The Balaban J connectivity index is 3.54. The third-order valence-corrected chi connectivity index (χ3v) is 1.49. The third-order valence-electron chi connectivity index (χ3n) is 1.49. The molecule has 0 spiro atoms. The predicted octanol–water partition coefficient (Wildman–Crippen LogP) is 2.15. The lowest BCUT2D eigenvalue weighted by Gasteiger charge is -2.07. The average molecular weight is 156 g/mol. The molecule has 0 aliphatic rings. The van der Waals surface area contributed by atoms with Crippen LogP contribution in [0.25, 0.3) is 0 Å². The number of carbonyl (C=O) groups excluding carboxylic acids is 1. The van der Waals surface area contributed by atoms with Crippen molar-refractivity contribution in [3.8, 4) is 0 Å². The van der Waals surface area contributed by atoms with Crippen molar-refractivity contribution < 1.29 is 9.53 Å². The van der Waals surface area contributed by atoms with Crippen LogP contribution in [0, 0.1) is 5.92 Å². The Labute approximate surface area is 68.2 Å². The van der Waals surface area contributed by atoms with Crippen LogP contribution >= 0.6 is 0 Å². The van der Waals surface area contributed by atoms with E-state index in [9.17, 15) is 4.79 Å². The van der Waals surface area contributed by atoms with E-state index in [1.54, 1.807) is 0 Å². The first kappa shape index (κ1) is 10.2. The van der Waals surface area contributed by atoms with Gasteiger partial charge in [-0.2, -0.15) is 0 Å². The van der Waals surface area contributed by atoms with E-state index in [1.807, 2.05) is 19.9 Å². The molecule has 0 amide bonds.